The summed E-state index contributed by atoms with van der Waals surface area (Å²) in [6, 6.07) is 9.24. The van der Waals surface area contributed by atoms with E-state index in [9.17, 15) is 4.39 Å². The SMILES string of the molecule is NC(CCCc1cccs1)Cc1cccc(Cl)c1F. The van der Waals surface area contributed by atoms with E-state index in [0.29, 0.717) is 12.0 Å². The van der Waals surface area contributed by atoms with Gasteiger partial charge in [0.15, 0.2) is 0 Å². The Morgan fingerprint density at radius 1 is 1.26 bits per heavy atom. The average Bonchev–Trinajstić information content (AvgIpc) is 2.88. The van der Waals surface area contributed by atoms with Gasteiger partial charge in [0.05, 0.1) is 5.02 Å². The molecule has 1 heterocycles. The molecule has 4 heteroatoms. The molecule has 0 saturated carbocycles. The summed E-state index contributed by atoms with van der Waals surface area (Å²) in [7, 11) is 0. The van der Waals surface area contributed by atoms with E-state index in [1.54, 1.807) is 29.5 Å². The van der Waals surface area contributed by atoms with Gasteiger partial charge in [0.1, 0.15) is 5.82 Å². The minimum atomic E-state index is -0.335. The van der Waals surface area contributed by atoms with Gasteiger partial charge in [0.25, 0.3) is 0 Å². The van der Waals surface area contributed by atoms with Gasteiger partial charge in [-0.1, -0.05) is 29.8 Å². The van der Waals surface area contributed by atoms with Gasteiger partial charge >= 0.3 is 0 Å². The molecule has 1 unspecified atom stereocenters. The number of hydrogen-bond acceptors (Lipinski definition) is 2. The predicted molar refractivity (Wildman–Crippen MR) is 80.3 cm³/mol. The standard InChI is InChI=1S/C15H17ClFNS/c16-14-8-1-4-11(15(14)17)10-12(18)5-2-6-13-7-3-9-19-13/h1,3-4,7-9,12H,2,5-6,10,18H2. The molecule has 2 N–H and O–H groups in total. The van der Waals surface area contributed by atoms with Crippen LogP contribution in [0.25, 0.3) is 0 Å². The van der Waals surface area contributed by atoms with Crippen molar-refractivity contribution in [2.75, 3.05) is 0 Å². The van der Waals surface area contributed by atoms with E-state index in [1.807, 2.05) is 0 Å². The Balaban J connectivity index is 1.80. The molecule has 0 aliphatic carbocycles. The third kappa shape index (κ3) is 4.30. The number of thiophene rings is 1. The summed E-state index contributed by atoms with van der Waals surface area (Å²) in [4.78, 5) is 1.38. The monoisotopic (exact) mass is 297 g/mol. The molecule has 102 valence electrons. The molecule has 1 aromatic heterocycles. The summed E-state index contributed by atoms with van der Waals surface area (Å²) in [6.45, 7) is 0. The molecular formula is C15H17ClFNS. The number of benzene rings is 1. The van der Waals surface area contributed by atoms with Crippen molar-refractivity contribution in [1.82, 2.24) is 0 Å². The third-order valence-corrected chi connectivity index (χ3v) is 4.32. The minimum absolute atomic E-state index is 0.0204. The lowest BCUT2D eigenvalue weighted by Gasteiger charge is -2.12. The second kappa shape index (κ2) is 7.04. The lowest BCUT2D eigenvalue weighted by Crippen LogP contribution is -2.23. The van der Waals surface area contributed by atoms with Crippen molar-refractivity contribution in [2.24, 2.45) is 5.73 Å². The molecule has 0 saturated heterocycles. The molecule has 0 amide bonds. The van der Waals surface area contributed by atoms with Crippen LogP contribution in [-0.4, -0.2) is 6.04 Å². The van der Waals surface area contributed by atoms with Crippen molar-refractivity contribution in [2.45, 2.75) is 31.7 Å². The minimum Gasteiger partial charge on any atom is -0.327 e. The lowest BCUT2D eigenvalue weighted by atomic mass is 10.0. The Labute approximate surface area is 122 Å². The highest BCUT2D eigenvalue weighted by Gasteiger charge is 2.10. The van der Waals surface area contributed by atoms with E-state index in [-0.39, 0.29) is 16.9 Å². The van der Waals surface area contributed by atoms with E-state index >= 15 is 0 Å². The highest BCUT2D eigenvalue weighted by atomic mass is 35.5. The fourth-order valence-electron chi connectivity index (χ4n) is 2.08. The van der Waals surface area contributed by atoms with E-state index in [1.165, 1.54) is 4.88 Å². The zero-order chi connectivity index (χ0) is 13.7. The Kier molecular flexibility index (Phi) is 5.37. The van der Waals surface area contributed by atoms with Crippen molar-refractivity contribution in [1.29, 1.82) is 0 Å². The zero-order valence-electron chi connectivity index (χ0n) is 10.6. The summed E-state index contributed by atoms with van der Waals surface area (Å²) in [5.41, 5.74) is 6.67. The molecule has 1 nitrogen and oxygen atoms in total. The lowest BCUT2D eigenvalue weighted by molar-refractivity contribution is 0.552. The molecule has 0 spiro atoms. The molecule has 0 radical (unpaired) electrons. The maximum absolute atomic E-state index is 13.7. The van der Waals surface area contributed by atoms with Crippen molar-refractivity contribution in [3.05, 3.63) is 57.0 Å². The summed E-state index contributed by atoms with van der Waals surface area (Å²) >= 11 is 7.52. The van der Waals surface area contributed by atoms with Gasteiger partial charge in [-0.25, -0.2) is 4.39 Å². The van der Waals surface area contributed by atoms with Crippen LogP contribution in [0, 0.1) is 5.82 Å². The number of rotatable bonds is 6. The Bertz CT molecular complexity index is 513. The van der Waals surface area contributed by atoms with Crippen LogP contribution < -0.4 is 5.73 Å². The Morgan fingerprint density at radius 2 is 2.11 bits per heavy atom. The summed E-state index contributed by atoms with van der Waals surface area (Å²) in [5.74, 6) is -0.335. The van der Waals surface area contributed by atoms with Crippen LogP contribution in [0.4, 0.5) is 4.39 Å². The summed E-state index contributed by atoms with van der Waals surface area (Å²) in [5, 5.41) is 2.25. The number of hydrogen-bond donors (Lipinski definition) is 1. The Hall–Kier alpha value is -0.900. The van der Waals surface area contributed by atoms with E-state index in [4.69, 9.17) is 17.3 Å². The van der Waals surface area contributed by atoms with Crippen LogP contribution in [0.2, 0.25) is 5.02 Å². The Morgan fingerprint density at radius 3 is 2.84 bits per heavy atom. The van der Waals surface area contributed by atoms with Crippen LogP contribution in [0.1, 0.15) is 23.3 Å². The molecule has 2 rings (SSSR count). The quantitative estimate of drug-likeness (QED) is 0.838. The first-order chi connectivity index (χ1) is 9.16. The number of nitrogens with two attached hydrogens (primary N) is 1. The molecule has 2 aromatic rings. The van der Waals surface area contributed by atoms with Crippen molar-refractivity contribution >= 4 is 22.9 Å². The van der Waals surface area contributed by atoms with Crippen molar-refractivity contribution in [3.63, 3.8) is 0 Å². The van der Waals surface area contributed by atoms with E-state index in [2.05, 4.69) is 17.5 Å². The van der Waals surface area contributed by atoms with Crippen molar-refractivity contribution in [3.8, 4) is 0 Å². The van der Waals surface area contributed by atoms with Gasteiger partial charge in [0.2, 0.25) is 0 Å². The first-order valence-corrected chi connectivity index (χ1v) is 7.63. The molecular weight excluding hydrogens is 281 g/mol. The number of halogens is 2. The maximum atomic E-state index is 13.7. The smallest absolute Gasteiger partial charge is 0.145 e. The molecule has 0 bridgehead atoms. The number of aryl methyl sites for hydroxylation is 1. The van der Waals surface area contributed by atoms with Gasteiger partial charge in [-0.05, 0) is 48.8 Å². The van der Waals surface area contributed by atoms with Crippen LogP contribution in [0.15, 0.2) is 35.7 Å². The second-order valence-electron chi connectivity index (χ2n) is 4.65. The fraction of sp³-hybridized carbons (Fsp3) is 0.333. The largest absolute Gasteiger partial charge is 0.327 e. The normalized spacial score (nSPS) is 12.6. The predicted octanol–water partition coefficient (Wildman–Crippen LogP) is 4.43. The van der Waals surface area contributed by atoms with Gasteiger partial charge in [-0.2, -0.15) is 0 Å². The molecule has 1 atom stereocenters. The van der Waals surface area contributed by atoms with E-state index < -0.39 is 0 Å². The van der Waals surface area contributed by atoms with E-state index in [0.717, 1.165) is 19.3 Å². The molecule has 19 heavy (non-hydrogen) atoms. The maximum Gasteiger partial charge on any atom is 0.145 e. The van der Waals surface area contributed by atoms with Crippen molar-refractivity contribution < 1.29 is 4.39 Å². The van der Waals surface area contributed by atoms with Gasteiger partial charge in [-0.15, -0.1) is 11.3 Å². The topological polar surface area (TPSA) is 26.0 Å². The zero-order valence-corrected chi connectivity index (χ0v) is 12.2. The highest BCUT2D eigenvalue weighted by molar-refractivity contribution is 7.09. The first-order valence-electron chi connectivity index (χ1n) is 6.37. The van der Waals surface area contributed by atoms with Crippen LogP contribution >= 0.6 is 22.9 Å². The highest BCUT2D eigenvalue weighted by Crippen LogP contribution is 2.20. The van der Waals surface area contributed by atoms with Crippen LogP contribution in [0.3, 0.4) is 0 Å². The first kappa shape index (κ1) is 14.5. The molecule has 1 aromatic carbocycles. The van der Waals surface area contributed by atoms with Gasteiger partial charge < -0.3 is 5.73 Å². The van der Waals surface area contributed by atoms with Gasteiger partial charge in [0, 0.05) is 10.9 Å². The van der Waals surface area contributed by atoms with Gasteiger partial charge in [-0.3, -0.25) is 0 Å². The molecule has 0 fully saturated rings. The summed E-state index contributed by atoms with van der Waals surface area (Å²) in [6.07, 6.45) is 3.51. The average molecular weight is 298 g/mol. The van der Waals surface area contributed by atoms with Crippen LogP contribution in [0.5, 0.6) is 0 Å². The van der Waals surface area contributed by atoms with Crippen LogP contribution in [-0.2, 0) is 12.8 Å². The molecule has 0 aliphatic rings. The summed E-state index contributed by atoms with van der Waals surface area (Å²) < 4.78 is 13.7. The third-order valence-electron chi connectivity index (χ3n) is 3.09. The second-order valence-corrected chi connectivity index (χ2v) is 6.09. The fourth-order valence-corrected chi connectivity index (χ4v) is 3.03. The molecule has 0 aliphatic heterocycles.